The molecule has 9 heteroatoms. The van der Waals surface area contributed by atoms with Crippen LogP contribution in [0.4, 0.5) is 6.01 Å². The van der Waals surface area contributed by atoms with Gasteiger partial charge in [0.1, 0.15) is 0 Å². The maximum absolute atomic E-state index is 12.1. The van der Waals surface area contributed by atoms with Crippen molar-refractivity contribution in [3.63, 3.8) is 0 Å². The van der Waals surface area contributed by atoms with Gasteiger partial charge in [-0.15, -0.1) is 0 Å². The number of rotatable bonds is 6. The van der Waals surface area contributed by atoms with E-state index in [4.69, 9.17) is 9.63 Å². The average molecular weight is 311 g/mol. The molecule has 1 aromatic carbocycles. The average Bonchev–Trinajstić information content (AvgIpc) is 2.81. The maximum Gasteiger partial charge on any atom is 0.335 e. The third-order valence-corrected chi connectivity index (χ3v) is 3.95. The van der Waals surface area contributed by atoms with Gasteiger partial charge in [0.25, 0.3) is 10.0 Å². The maximum atomic E-state index is 12.1. The molecule has 0 aliphatic carbocycles. The molecule has 0 spiro atoms. The summed E-state index contributed by atoms with van der Waals surface area (Å²) in [6, 6.07) is 5.71. The smallest absolute Gasteiger partial charge is 0.335 e. The summed E-state index contributed by atoms with van der Waals surface area (Å²) in [4.78, 5) is 14.3. The van der Waals surface area contributed by atoms with E-state index >= 15 is 0 Å². The molecule has 0 radical (unpaired) electrons. The van der Waals surface area contributed by atoms with Crippen LogP contribution in [0.3, 0.4) is 0 Å². The highest BCUT2D eigenvalue weighted by molar-refractivity contribution is 7.92. The van der Waals surface area contributed by atoms with E-state index in [1.165, 1.54) is 12.1 Å². The van der Waals surface area contributed by atoms with E-state index < -0.39 is 16.0 Å². The van der Waals surface area contributed by atoms with Gasteiger partial charge in [-0.05, 0) is 31.0 Å². The number of nitrogens with one attached hydrogen (secondary N) is 1. The second-order valence-corrected chi connectivity index (χ2v) is 5.97. The molecule has 2 aromatic rings. The van der Waals surface area contributed by atoms with Crippen LogP contribution in [0.25, 0.3) is 0 Å². The van der Waals surface area contributed by atoms with Crippen molar-refractivity contribution in [3.8, 4) is 0 Å². The molecule has 0 aliphatic rings. The molecule has 0 saturated heterocycles. The summed E-state index contributed by atoms with van der Waals surface area (Å²) in [5.41, 5.74) is 0.741. The fourth-order valence-corrected chi connectivity index (χ4v) is 2.52. The molecule has 21 heavy (non-hydrogen) atoms. The number of carboxylic acid groups (broad SMARTS) is 1. The number of sulfonamides is 1. The highest BCUT2D eigenvalue weighted by Gasteiger charge is 2.17. The van der Waals surface area contributed by atoms with Crippen molar-refractivity contribution in [2.75, 3.05) is 4.72 Å². The molecular weight excluding hydrogens is 298 g/mol. The first-order valence-electron chi connectivity index (χ1n) is 6.01. The normalized spacial score (nSPS) is 11.3. The van der Waals surface area contributed by atoms with Crippen LogP contribution in [-0.4, -0.2) is 29.6 Å². The van der Waals surface area contributed by atoms with E-state index in [2.05, 4.69) is 14.9 Å². The van der Waals surface area contributed by atoms with E-state index in [9.17, 15) is 13.2 Å². The zero-order valence-corrected chi connectivity index (χ0v) is 11.9. The van der Waals surface area contributed by atoms with Crippen LogP contribution in [0, 0.1) is 6.92 Å². The summed E-state index contributed by atoms with van der Waals surface area (Å²) in [5, 5.41) is 12.1. The number of hydrogen-bond acceptors (Lipinski definition) is 6. The Kier molecular flexibility index (Phi) is 4.22. The Balaban J connectivity index is 2.11. The Morgan fingerprint density at radius 2 is 2.00 bits per heavy atom. The van der Waals surface area contributed by atoms with Gasteiger partial charge in [-0.25, -0.2) is 13.1 Å². The number of anilines is 1. The highest BCUT2D eigenvalue weighted by Crippen LogP contribution is 2.15. The number of aliphatic carboxylic acids is 1. The van der Waals surface area contributed by atoms with Crippen molar-refractivity contribution in [1.29, 1.82) is 0 Å². The number of benzene rings is 1. The first-order chi connectivity index (χ1) is 9.87. The van der Waals surface area contributed by atoms with Crippen LogP contribution in [0.1, 0.15) is 17.8 Å². The summed E-state index contributed by atoms with van der Waals surface area (Å²) in [7, 11) is -3.81. The summed E-state index contributed by atoms with van der Waals surface area (Å²) >= 11 is 0. The first-order valence-corrected chi connectivity index (χ1v) is 7.49. The van der Waals surface area contributed by atoms with Crippen LogP contribution in [0.5, 0.6) is 0 Å². The van der Waals surface area contributed by atoms with E-state index in [-0.39, 0.29) is 17.3 Å². The number of aryl methyl sites for hydroxylation is 2. The van der Waals surface area contributed by atoms with Gasteiger partial charge in [0, 0.05) is 6.42 Å². The summed E-state index contributed by atoms with van der Waals surface area (Å²) < 4.78 is 31.0. The van der Waals surface area contributed by atoms with E-state index in [0.717, 1.165) is 5.56 Å². The number of carbonyl (C=O) groups is 1. The fourth-order valence-electron chi connectivity index (χ4n) is 1.60. The summed E-state index contributed by atoms with van der Waals surface area (Å²) in [5.74, 6) is -0.586. The molecule has 1 heterocycles. The largest absolute Gasteiger partial charge is 0.481 e. The minimum Gasteiger partial charge on any atom is -0.481 e. The number of hydrogen-bond donors (Lipinski definition) is 2. The number of aromatic nitrogens is 2. The van der Waals surface area contributed by atoms with E-state index in [1.54, 1.807) is 19.1 Å². The molecule has 1 aromatic heterocycles. The second-order valence-electron chi connectivity index (χ2n) is 4.29. The Bertz CT molecular complexity index is 737. The van der Waals surface area contributed by atoms with Gasteiger partial charge < -0.3 is 9.63 Å². The monoisotopic (exact) mass is 311 g/mol. The van der Waals surface area contributed by atoms with Crippen LogP contribution in [0.2, 0.25) is 0 Å². The van der Waals surface area contributed by atoms with Gasteiger partial charge in [-0.2, -0.15) is 4.98 Å². The lowest BCUT2D eigenvalue weighted by molar-refractivity contribution is -0.136. The number of nitrogens with zero attached hydrogens (tertiary/aromatic N) is 2. The van der Waals surface area contributed by atoms with Crippen molar-refractivity contribution in [1.82, 2.24) is 10.1 Å². The van der Waals surface area contributed by atoms with Gasteiger partial charge in [0.05, 0.1) is 4.90 Å². The predicted molar refractivity (Wildman–Crippen MR) is 72.2 cm³/mol. The van der Waals surface area contributed by atoms with E-state index in [0.29, 0.717) is 12.2 Å². The second kappa shape index (κ2) is 5.92. The van der Waals surface area contributed by atoms with Gasteiger partial charge in [-0.1, -0.05) is 17.3 Å². The minimum atomic E-state index is -3.81. The molecule has 0 amide bonds. The SMILES string of the molecule is Cc1noc(NS(=O)(=O)c2ccc(CCC(=O)O)cc2)n1. The minimum absolute atomic E-state index is 0.00833. The lowest BCUT2D eigenvalue weighted by Gasteiger charge is -2.05. The van der Waals surface area contributed by atoms with Gasteiger partial charge in [0.2, 0.25) is 0 Å². The molecule has 0 bridgehead atoms. The van der Waals surface area contributed by atoms with Gasteiger partial charge in [-0.3, -0.25) is 4.79 Å². The van der Waals surface area contributed by atoms with Crippen LogP contribution in [-0.2, 0) is 21.2 Å². The van der Waals surface area contributed by atoms with Crippen molar-refractivity contribution in [2.24, 2.45) is 0 Å². The van der Waals surface area contributed by atoms with Crippen LogP contribution in [0.15, 0.2) is 33.7 Å². The lowest BCUT2D eigenvalue weighted by Crippen LogP contribution is -2.13. The Hall–Kier alpha value is -2.42. The van der Waals surface area contributed by atoms with Gasteiger partial charge in [0.15, 0.2) is 5.82 Å². The Morgan fingerprint density at radius 1 is 1.33 bits per heavy atom. The Labute approximate surface area is 120 Å². The molecule has 0 aliphatic heterocycles. The van der Waals surface area contributed by atoms with Crippen LogP contribution >= 0.6 is 0 Å². The molecule has 0 fully saturated rings. The molecule has 8 nitrogen and oxygen atoms in total. The Morgan fingerprint density at radius 3 is 2.52 bits per heavy atom. The molecule has 2 N–H and O–H groups in total. The standard InChI is InChI=1S/C12H13N3O5S/c1-8-13-12(20-14-8)15-21(18,19)10-5-2-9(3-6-10)4-7-11(16)17/h2-3,5-6H,4,7H2,1H3,(H,16,17)(H,13,14,15). The molecule has 0 atom stereocenters. The van der Waals surface area contributed by atoms with Crippen molar-refractivity contribution < 1.29 is 22.8 Å². The summed E-state index contributed by atoms with van der Waals surface area (Å²) in [6.07, 6.45) is 0.331. The highest BCUT2D eigenvalue weighted by atomic mass is 32.2. The molecule has 0 unspecified atom stereocenters. The lowest BCUT2D eigenvalue weighted by atomic mass is 10.1. The number of carboxylic acids is 1. The third kappa shape index (κ3) is 4.02. The fraction of sp³-hybridized carbons (Fsp3) is 0.250. The van der Waals surface area contributed by atoms with E-state index in [1.807, 2.05) is 0 Å². The third-order valence-electron chi connectivity index (χ3n) is 2.61. The van der Waals surface area contributed by atoms with Crippen molar-refractivity contribution >= 4 is 22.0 Å². The topological polar surface area (TPSA) is 122 Å². The molecule has 112 valence electrons. The molecule has 0 saturated carbocycles. The predicted octanol–water partition coefficient (Wildman–Crippen LogP) is 1.20. The molecule has 2 rings (SSSR count). The van der Waals surface area contributed by atoms with Crippen LogP contribution < -0.4 is 4.72 Å². The quantitative estimate of drug-likeness (QED) is 0.821. The van der Waals surface area contributed by atoms with Crippen molar-refractivity contribution in [3.05, 3.63) is 35.7 Å². The summed E-state index contributed by atoms with van der Waals surface area (Å²) in [6.45, 7) is 1.57. The van der Waals surface area contributed by atoms with Gasteiger partial charge >= 0.3 is 12.0 Å². The van der Waals surface area contributed by atoms with Crippen molar-refractivity contribution in [2.45, 2.75) is 24.7 Å². The zero-order chi connectivity index (χ0) is 15.5. The molecular formula is C12H13N3O5S. The zero-order valence-electron chi connectivity index (χ0n) is 11.1. The first kappa shape index (κ1) is 15.0.